The van der Waals surface area contributed by atoms with Gasteiger partial charge in [0.15, 0.2) is 0 Å². The molecular formula is C19H19FN4. The fourth-order valence-electron chi connectivity index (χ4n) is 2.33. The number of nitrogens with zero attached hydrogens (tertiary/aromatic N) is 2. The van der Waals surface area contributed by atoms with Gasteiger partial charge in [-0.2, -0.15) is 4.98 Å². The highest BCUT2D eigenvalue weighted by Gasteiger charge is 2.02. The van der Waals surface area contributed by atoms with Crippen molar-refractivity contribution < 1.29 is 4.39 Å². The first-order valence-corrected chi connectivity index (χ1v) is 7.89. The van der Waals surface area contributed by atoms with Crippen LogP contribution in [-0.2, 0) is 13.0 Å². The van der Waals surface area contributed by atoms with Crippen molar-refractivity contribution in [2.75, 3.05) is 17.2 Å². The molecule has 24 heavy (non-hydrogen) atoms. The van der Waals surface area contributed by atoms with E-state index in [0.29, 0.717) is 23.9 Å². The van der Waals surface area contributed by atoms with Crippen LogP contribution >= 0.6 is 0 Å². The second-order valence-electron chi connectivity index (χ2n) is 5.37. The van der Waals surface area contributed by atoms with Crippen molar-refractivity contribution in [3.8, 4) is 0 Å². The molecule has 0 radical (unpaired) electrons. The van der Waals surface area contributed by atoms with Crippen LogP contribution in [0, 0.1) is 5.82 Å². The van der Waals surface area contributed by atoms with E-state index >= 15 is 0 Å². The van der Waals surface area contributed by atoms with E-state index < -0.39 is 0 Å². The van der Waals surface area contributed by atoms with Crippen molar-refractivity contribution in [1.29, 1.82) is 0 Å². The number of nitrogens with one attached hydrogen (secondary N) is 2. The lowest BCUT2D eigenvalue weighted by molar-refractivity contribution is 0.613. The largest absolute Gasteiger partial charge is 0.366 e. The Morgan fingerprint density at radius 2 is 1.67 bits per heavy atom. The lowest BCUT2D eigenvalue weighted by atomic mass is 10.1. The minimum absolute atomic E-state index is 0.222. The summed E-state index contributed by atoms with van der Waals surface area (Å²) in [6.45, 7) is 1.13. The maximum absolute atomic E-state index is 13.6. The molecule has 2 N–H and O–H groups in total. The molecular weight excluding hydrogens is 303 g/mol. The highest BCUT2D eigenvalue weighted by atomic mass is 19.1. The molecule has 2 aromatic carbocycles. The van der Waals surface area contributed by atoms with Crippen LogP contribution in [0.4, 0.5) is 16.2 Å². The normalized spacial score (nSPS) is 10.4. The molecule has 0 aliphatic carbocycles. The van der Waals surface area contributed by atoms with E-state index in [1.54, 1.807) is 24.4 Å². The van der Waals surface area contributed by atoms with Gasteiger partial charge in [-0.3, -0.25) is 0 Å². The Morgan fingerprint density at radius 1 is 0.875 bits per heavy atom. The smallest absolute Gasteiger partial charge is 0.224 e. The van der Waals surface area contributed by atoms with E-state index in [1.165, 1.54) is 11.6 Å². The SMILES string of the molecule is Fc1ccccc1CNc1ccnc(NCCc2ccccc2)n1. The molecule has 0 unspecified atom stereocenters. The molecule has 0 saturated heterocycles. The molecule has 0 saturated carbocycles. The monoisotopic (exact) mass is 322 g/mol. The zero-order chi connectivity index (χ0) is 16.6. The highest BCUT2D eigenvalue weighted by Crippen LogP contribution is 2.11. The van der Waals surface area contributed by atoms with Gasteiger partial charge in [0.1, 0.15) is 11.6 Å². The van der Waals surface area contributed by atoms with Gasteiger partial charge in [0.05, 0.1) is 0 Å². The summed E-state index contributed by atoms with van der Waals surface area (Å²) in [6.07, 6.45) is 2.58. The Balaban J connectivity index is 1.53. The number of hydrogen-bond acceptors (Lipinski definition) is 4. The summed E-state index contributed by atoms with van der Waals surface area (Å²) >= 11 is 0. The first-order valence-electron chi connectivity index (χ1n) is 7.89. The fraction of sp³-hybridized carbons (Fsp3) is 0.158. The summed E-state index contributed by atoms with van der Waals surface area (Å²) in [5, 5.41) is 6.33. The number of benzene rings is 2. The number of hydrogen-bond donors (Lipinski definition) is 2. The van der Waals surface area contributed by atoms with Crippen molar-refractivity contribution in [1.82, 2.24) is 9.97 Å². The van der Waals surface area contributed by atoms with E-state index in [-0.39, 0.29) is 5.82 Å². The maximum atomic E-state index is 13.6. The molecule has 0 atom stereocenters. The second kappa shape index (κ2) is 8.06. The average molecular weight is 322 g/mol. The lowest BCUT2D eigenvalue weighted by Crippen LogP contribution is -2.09. The van der Waals surface area contributed by atoms with E-state index in [4.69, 9.17) is 0 Å². The molecule has 3 rings (SSSR count). The molecule has 0 aliphatic heterocycles. The Kier molecular flexibility index (Phi) is 5.35. The van der Waals surface area contributed by atoms with Crippen molar-refractivity contribution in [3.63, 3.8) is 0 Å². The number of aromatic nitrogens is 2. The molecule has 0 spiro atoms. The van der Waals surface area contributed by atoms with Gasteiger partial charge in [0, 0.05) is 24.8 Å². The zero-order valence-corrected chi connectivity index (χ0v) is 13.2. The summed E-state index contributed by atoms with van der Waals surface area (Å²) in [4.78, 5) is 8.60. The third-order valence-electron chi connectivity index (χ3n) is 3.61. The van der Waals surface area contributed by atoms with Crippen molar-refractivity contribution >= 4 is 11.8 Å². The topological polar surface area (TPSA) is 49.8 Å². The van der Waals surface area contributed by atoms with E-state index in [0.717, 1.165) is 13.0 Å². The molecule has 0 amide bonds. The molecule has 3 aromatic rings. The molecule has 0 aliphatic rings. The Hall–Kier alpha value is -2.95. The number of rotatable bonds is 7. The molecule has 1 heterocycles. The van der Waals surface area contributed by atoms with Gasteiger partial charge >= 0.3 is 0 Å². The summed E-state index contributed by atoms with van der Waals surface area (Å²) in [6, 6.07) is 18.7. The van der Waals surface area contributed by atoms with Crippen LogP contribution in [0.5, 0.6) is 0 Å². The summed E-state index contributed by atoms with van der Waals surface area (Å²) in [7, 11) is 0. The van der Waals surface area contributed by atoms with Crippen molar-refractivity contribution in [3.05, 3.63) is 83.8 Å². The number of anilines is 2. The van der Waals surface area contributed by atoms with Gasteiger partial charge in [0.25, 0.3) is 0 Å². The Morgan fingerprint density at radius 3 is 2.50 bits per heavy atom. The minimum atomic E-state index is -0.222. The van der Waals surface area contributed by atoms with Crippen LogP contribution in [0.1, 0.15) is 11.1 Å². The van der Waals surface area contributed by atoms with E-state index in [2.05, 4.69) is 32.7 Å². The van der Waals surface area contributed by atoms with Crippen LogP contribution in [0.15, 0.2) is 66.9 Å². The zero-order valence-electron chi connectivity index (χ0n) is 13.2. The lowest BCUT2D eigenvalue weighted by Gasteiger charge is -2.09. The van der Waals surface area contributed by atoms with Gasteiger partial charge in [-0.15, -0.1) is 0 Å². The standard InChI is InChI=1S/C19H19FN4/c20-17-9-5-4-8-16(17)14-23-18-11-13-22-19(24-18)21-12-10-15-6-2-1-3-7-15/h1-9,11,13H,10,12,14H2,(H2,21,22,23,24). The van der Waals surface area contributed by atoms with Gasteiger partial charge in [-0.1, -0.05) is 48.5 Å². The third kappa shape index (κ3) is 4.52. The van der Waals surface area contributed by atoms with Crippen LogP contribution in [-0.4, -0.2) is 16.5 Å². The van der Waals surface area contributed by atoms with Crippen molar-refractivity contribution in [2.45, 2.75) is 13.0 Å². The van der Waals surface area contributed by atoms with Crippen LogP contribution < -0.4 is 10.6 Å². The predicted molar refractivity (Wildman–Crippen MR) is 94.4 cm³/mol. The van der Waals surface area contributed by atoms with E-state index in [9.17, 15) is 4.39 Å². The van der Waals surface area contributed by atoms with Gasteiger partial charge in [-0.05, 0) is 24.1 Å². The van der Waals surface area contributed by atoms with Crippen molar-refractivity contribution in [2.24, 2.45) is 0 Å². The highest BCUT2D eigenvalue weighted by molar-refractivity contribution is 5.40. The van der Waals surface area contributed by atoms with Crippen LogP contribution in [0.3, 0.4) is 0 Å². The predicted octanol–water partition coefficient (Wildman–Crippen LogP) is 3.88. The fourth-order valence-corrected chi connectivity index (χ4v) is 2.33. The second-order valence-corrected chi connectivity index (χ2v) is 5.37. The Bertz CT molecular complexity index is 777. The molecule has 5 heteroatoms. The molecule has 1 aromatic heterocycles. The first-order chi connectivity index (χ1) is 11.8. The summed E-state index contributed by atoms with van der Waals surface area (Å²) in [5.74, 6) is 1.00. The van der Waals surface area contributed by atoms with Gasteiger partial charge in [-0.25, -0.2) is 9.37 Å². The van der Waals surface area contributed by atoms with Gasteiger partial charge < -0.3 is 10.6 Å². The minimum Gasteiger partial charge on any atom is -0.366 e. The third-order valence-corrected chi connectivity index (χ3v) is 3.61. The average Bonchev–Trinajstić information content (AvgIpc) is 2.62. The van der Waals surface area contributed by atoms with Crippen LogP contribution in [0.2, 0.25) is 0 Å². The Labute approximate surface area is 140 Å². The maximum Gasteiger partial charge on any atom is 0.224 e. The summed E-state index contributed by atoms with van der Waals surface area (Å²) < 4.78 is 13.6. The quantitative estimate of drug-likeness (QED) is 0.693. The number of halogens is 1. The molecule has 4 nitrogen and oxygen atoms in total. The molecule has 0 bridgehead atoms. The van der Waals surface area contributed by atoms with E-state index in [1.807, 2.05) is 24.3 Å². The molecule has 122 valence electrons. The van der Waals surface area contributed by atoms with Gasteiger partial charge in [0.2, 0.25) is 5.95 Å². The van der Waals surface area contributed by atoms with Crippen LogP contribution in [0.25, 0.3) is 0 Å². The summed E-state index contributed by atoms with van der Waals surface area (Å²) in [5.41, 5.74) is 1.87. The first kappa shape index (κ1) is 15.9. The molecule has 0 fully saturated rings.